The predicted molar refractivity (Wildman–Crippen MR) is 69.4 cm³/mol. The van der Waals surface area contributed by atoms with Crippen molar-refractivity contribution in [2.75, 3.05) is 6.54 Å². The van der Waals surface area contributed by atoms with Crippen molar-refractivity contribution in [2.24, 2.45) is 5.73 Å². The largest absolute Gasteiger partial charge is 0.330 e. The molecule has 0 saturated carbocycles. The maximum Gasteiger partial charge on any atom is 0.212 e. The van der Waals surface area contributed by atoms with Gasteiger partial charge in [0.05, 0.1) is 5.01 Å². The Bertz CT molecular complexity index is 580. The zero-order valence-electron chi connectivity index (χ0n) is 9.94. The molecule has 2 N–H and O–H groups in total. The van der Waals surface area contributed by atoms with Crippen LogP contribution in [-0.4, -0.2) is 17.3 Å². The van der Waals surface area contributed by atoms with Crippen molar-refractivity contribution in [3.63, 3.8) is 0 Å². The summed E-state index contributed by atoms with van der Waals surface area (Å²) in [5.74, 6) is -0.494. The number of ketones is 1. The van der Waals surface area contributed by atoms with Gasteiger partial charge in [-0.15, -0.1) is 11.3 Å². The Kier molecular flexibility index (Phi) is 3.84. The first-order chi connectivity index (χ1) is 8.61. The van der Waals surface area contributed by atoms with Crippen molar-refractivity contribution in [1.29, 1.82) is 0 Å². The van der Waals surface area contributed by atoms with Crippen LogP contribution >= 0.6 is 11.3 Å². The summed E-state index contributed by atoms with van der Waals surface area (Å²) in [6.07, 6.45) is 0.667. The smallest absolute Gasteiger partial charge is 0.212 e. The molecule has 0 radical (unpaired) electrons. The lowest BCUT2D eigenvalue weighted by molar-refractivity contribution is 0.103. The minimum atomic E-state index is -0.311. The van der Waals surface area contributed by atoms with E-state index in [1.165, 1.54) is 23.5 Å². The molecular weight excluding hydrogens is 251 g/mol. The van der Waals surface area contributed by atoms with Gasteiger partial charge in [0.25, 0.3) is 0 Å². The molecule has 0 spiro atoms. The molecule has 1 aromatic heterocycles. The summed E-state index contributed by atoms with van der Waals surface area (Å²) in [5.41, 5.74) is 6.74. The minimum absolute atomic E-state index is 0.183. The van der Waals surface area contributed by atoms with Gasteiger partial charge in [0, 0.05) is 17.4 Å². The molecule has 0 unspecified atom stereocenters. The van der Waals surface area contributed by atoms with E-state index in [-0.39, 0.29) is 11.6 Å². The summed E-state index contributed by atoms with van der Waals surface area (Å²) < 4.78 is 13.1. The van der Waals surface area contributed by atoms with Crippen molar-refractivity contribution in [1.82, 2.24) is 4.98 Å². The highest BCUT2D eigenvalue weighted by Crippen LogP contribution is 2.16. The summed E-state index contributed by atoms with van der Waals surface area (Å²) in [6, 6.07) is 4.32. The van der Waals surface area contributed by atoms with Gasteiger partial charge in [0.15, 0.2) is 0 Å². The third kappa shape index (κ3) is 2.63. The number of rotatable bonds is 4. The first-order valence-corrected chi connectivity index (χ1v) is 6.45. The van der Waals surface area contributed by atoms with Gasteiger partial charge in [-0.1, -0.05) is 0 Å². The highest BCUT2D eigenvalue weighted by atomic mass is 32.1. The molecule has 0 aliphatic heterocycles. The molecule has 0 bridgehead atoms. The maximum absolute atomic E-state index is 13.1. The van der Waals surface area contributed by atoms with E-state index < -0.39 is 0 Å². The fourth-order valence-electron chi connectivity index (χ4n) is 1.59. The third-order valence-corrected chi connectivity index (χ3v) is 3.47. The van der Waals surface area contributed by atoms with E-state index in [0.717, 1.165) is 5.01 Å². The van der Waals surface area contributed by atoms with Crippen LogP contribution < -0.4 is 5.73 Å². The summed E-state index contributed by atoms with van der Waals surface area (Å²) in [7, 11) is 0. The number of benzene rings is 1. The Morgan fingerprint density at radius 2 is 2.28 bits per heavy atom. The average molecular weight is 264 g/mol. The lowest BCUT2D eigenvalue weighted by Crippen LogP contribution is -2.05. The standard InChI is InChI=1S/C13H13FN2OS/c1-8-6-9(2-3-10(8)14)13(17)11-7-18-12(16-11)4-5-15/h2-3,6-7H,4-5,15H2,1H3. The Morgan fingerprint density at radius 1 is 1.50 bits per heavy atom. The van der Waals surface area contributed by atoms with E-state index in [1.807, 2.05) is 0 Å². The average Bonchev–Trinajstić information content (AvgIpc) is 2.81. The molecule has 1 heterocycles. The number of carbonyl (C=O) groups excluding carboxylic acids is 1. The summed E-state index contributed by atoms with van der Waals surface area (Å²) >= 11 is 1.42. The molecule has 0 aliphatic rings. The van der Waals surface area contributed by atoms with E-state index >= 15 is 0 Å². The van der Waals surface area contributed by atoms with Gasteiger partial charge in [-0.2, -0.15) is 0 Å². The highest BCUT2D eigenvalue weighted by Gasteiger charge is 2.14. The molecule has 0 amide bonds. The van der Waals surface area contributed by atoms with E-state index in [2.05, 4.69) is 4.98 Å². The zero-order valence-corrected chi connectivity index (χ0v) is 10.8. The molecule has 5 heteroatoms. The molecule has 0 fully saturated rings. The molecule has 0 saturated heterocycles. The molecule has 0 aliphatic carbocycles. The van der Waals surface area contributed by atoms with Crippen molar-refractivity contribution in [2.45, 2.75) is 13.3 Å². The van der Waals surface area contributed by atoms with E-state index in [4.69, 9.17) is 5.73 Å². The van der Waals surface area contributed by atoms with Crippen LogP contribution in [0, 0.1) is 12.7 Å². The van der Waals surface area contributed by atoms with Gasteiger partial charge >= 0.3 is 0 Å². The SMILES string of the molecule is Cc1cc(C(=O)c2csc(CCN)n2)ccc1F. The second kappa shape index (κ2) is 5.37. The fourth-order valence-corrected chi connectivity index (χ4v) is 2.38. The van der Waals surface area contributed by atoms with Crippen molar-refractivity contribution >= 4 is 17.1 Å². The topological polar surface area (TPSA) is 56.0 Å². The molecule has 18 heavy (non-hydrogen) atoms. The Hall–Kier alpha value is -1.59. The molecule has 2 aromatic rings. The number of nitrogens with two attached hydrogens (primary N) is 1. The lowest BCUT2D eigenvalue weighted by Gasteiger charge is -2.00. The molecule has 1 aromatic carbocycles. The number of halogens is 1. The summed E-state index contributed by atoms with van der Waals surface area (Å²) in [6.45, 7) is 2.14. The van der Waals surface area contributed by atoms with E-state index in [0.29, 0.717) is 29.8 Å². The lowest BCUT2D eigenvalue weighted by atomic mass is 10.1. The maximum atomic E-state index is 13.1. The van der Waals surface area contributed by atoms with Crippen molar-refractivity contribution in [3.8, 4) is 0 Å². The van der Waals surface area contributed by atoms with Crippen LogP contribution in [0.25, 0.3) is 0 Å². The summed E-state index contributed by atoms with van der Waals surface area (Å²) in [4.78, 5) is 16.3. The number of thiazole rings is 1. The third-order valence-electron chi connectivity index (χ3n) is 2.56. The number of nitrogens with zero attached hydrogens (tertiary/aromatic N) is 1. The quantitative estimate of drug-likeness (QED) is 0.862. The molecule has 0 atom stereocenters. The van der Waals surface area contributed by atoms with Gasteiger partial charge in [0.2, 0.25) is 5.78 Å². The van der Waals surface area contributed by atoms with Gasteiger partial charge in [0.1, 0.15) is 11.5 Å². The van der Waals surface area contributed by atoms with E-state index in [1.54, 1.807) is 18.4 Å². The Balaban J connectivity index is 2.26. The normalized spacial score (nSPS) is 10.6. The van der Waals surface area contributed by atoms with Crippen LogP contribution in [0.2, 0.25) is 0 Å². The molecule has 3 nitrogen and oxygen atoms in total. The van der Waals surface area contributed by atoms with Crippen LogP contribution in [0.4, 0.5) is 4.39 Å². The highest BCUT2D eigenvalue weighted by molar-refractivity contribution is 7.09. The van der Waals surface area contributed by atoms with Gasteiger partial charge < -0.3 is 5.73 Å². The second-order valence-electron chi connectivity index (χ2n) is 3.96. The van der Waals surface area contributed by atoms with Gasteiger partial charge in [-0.05, 0) is 37.2 Å². The number of hydrogen-bond acceptors (Lipinski definition) is 4. The van der Waals surface area contributed by atoms with Crippen LogP contribution in [0.1, 0.15) is 26.6 Å². The molecule has 2 rings (SSSR count). The van der Waals surface area contributed by atoms with Gasteiger partial charge in [-0.3, -0.25) is 4.79 Å². The zero-order chi connectivity index (χ0) is 13.1. The minimum Gasteiger partial charge on any atom is -0.330 e. The second-order valence-corrected chi connectivity index (χ2v) is 4.90. The predicted octanol–water partition coefficient (Wildman–Crippen LogP) is 2.32. The van der Waals surface area contributed by atoms with Crippen molar-refractivity contribution in [3.05, 3.63) is 51.2 Å². The Morgan fingerprint density at radius 3 is 2.94 bits per heavy atom. The number of aromatic nitrogens is 1. The van der Waals surface area contributed by atoms with Crippen LogP contribution in [0.5, 0.6) is 0 Å². The molecular formula is C13H13FN2OS. The number of carbonyl (C=O) groups is 1. The van der Waals surface area contributed by atoms with Gasteiger partial charge in [-0.25, -0.2) is 9.37 Å². The van der Waals surface area contributed by atoms with Crippen LogP contribution in [0.15, 0.2) is 23.6 Å². The van der Waals surface area contributed by atoms with E-state index in [9.17, 15) is 9.18 Å². The Labute approximate surface area is 108 Å². The first kappa shape index (κ1) is 12.9. The fraction of sp³-hybridized carbons (Fsp3) is 0.231. The van der Waals surface area contributed by atoms with Crippen molar-refractivity contribution < 1.29 is 9.18 Å². The number of aryl methyl sites for hydroxylation is 1. The monoisotopic (exact) mass is 264 g/mol. The number of hydrogen-bond donors (Lipinski definition) is 1. The summed E-state index contributed by atoms with van der Waals surface area (Å²) in [5, 5.41) is 2.56. The molecule has 94 valence electrons. The van der Waals surface area contributed by atoms with Crippen LogP contribution in [-0.2, 0) is 6.42 Å². The first-order valence-electron chi connectivity index (χ1n) is 5.57. The van der Waals surface area contributed by atoms with Crippen LogP contribution in [0.3, 0.4) is 0 Å².